The summed E-state index contributed by atoms with van der Waals surface area (Å²) in [7, 11) is 0. The lowest BCUT2D eigenvalue weighted by Gasteiger charge is -2.16. The smallest absolute Gasteiger partial charge is 0.213 e. The van der Waals surface area contributed by atoms with Crippen LogP contribution in [0, 0.1) is 0 Å². The molecule has 1 aliphatic rings. The number of carbonyl (C=O) groups excluding carboxylic acids is 1. The van der Waals surface area contributed by atoms with Crippen molar-refractivity contribution in [2.45, 2.75) is 45.4 Å². The molecule has 3 aromatic rings. The van der Waals surface area contributed by atoms with Gasteiger partial charge < -0.3 is 0 Å². The standard InChI is InChI=1S/C18H19N3OS/c1-11(2)17-20-21-15(10-22)16(19-18(21)23-17)14-8-7-12-5-3-4-6-13(12)9-14/h7-11H,3-6H2,1-2H3. The molecule has 0 radical (unpaired) electrons. The summed E-state index contributed by atoms with van der Waals surface area (Å²) in [5, 5.41) is 5.57. The molecule has 1 aliphatic carbocycles. The van der Waals surface area contributed by atoms with Crippen LogP contribution in [0.2, 0.25) is 0 Å². The molecule has 0 N–H and O–H groups in total. The second kappa shape index (κ2) is 5.57. The minimum atomic E-state index is 0.341. The Morgan fingerprint density at radius 2 is 2.00 bits per heavy atom. The number of aldehydes is 1. The van der Waals surface area contributed by atoms with E-state index in [0.29, 0.717) is 11.6 Å². The van der Waals surface area contributed by atoms with Gasteiger partial charge in [0.25, 0.3) is 0 Å². The number of benzene rings is 1. The molecule has 0 aliphatic heterocycles. The Hall–Kier alpha value is -2.01. The normalized spacial score (nSPS) is 14.4. The van der Waals surface area contributed by atoms with Crippen molar-refractivity contribution in [3.05, 3.63) is 40.0 Å². The van der Waals surface area contributed by atoms with Crippen LogP contribution in [0.25, 0.3) is 16.2 Å². The van der Waals surface area contributed by atoms with Gasteiger partial charge in [-0.15, -0.1) is 0 Å². The summed E-state index contributed by atoms with van der Waals surface area (Å²) in [6.07, 6.45) is 5.67. The largest absolute Gasteiger partial charge is 0.296 e. The zero-order valence-electron chi connectivity index (χ0n) is 13.4. The molecular weight excluding hydrogens is 306 g/mol. The lowest BCUT2D eigenvalue weighted by Crippen LogP contribution is -2.03. The van der Waals surface area contributed by atoms with Gasteiger partial charge in [-0.2, -0.15) is 9.61 Å². The molecule has 4 rings (SSSR count). The van der Waals surface area contributed by atoms with Crippen molar-refractivity contribution in [3.63, 3.8) is 0 Å². The van der Waals surface area contributed by atoms with Gasteiger partial charge in [0.1, 0.15) is 16.4 Å². The highest BCUT2D eigenvalue weighted by molar-refractivity contribution is 7.16. The number of nitrogens with zero attached hydrogens (tertiary/aromatic N) is 3. The fourth-order valence-electron chi connectivity index (χ4n) is 3.21. The van der Waals surface area contributed by atoms with Crippen LogP contribution in [-0.2, 0) is 12.8 Å². The first-order valence-corrected chi connectivity index (χ1v) is 8.96. The van der Waals surface area contributed by atoms with Crippen LogP contribution >= 0.6 is 11.3 Å². The van der Waals surface area contributed by atoms with Crippen LogP contribution in [0.15, 0.2) is 18.2 Å². The van der Waals surface area contributed by atoms with E-state index in [9.17, 15) is 4.79 Å². The molecule has 4 nitrogen and oxygen atoms in total. The first-order valence-electron chi connectivity index (χ1n) is 8.14. The summed E-state index contributed by atoms with van der Waals surface area (Å²) < 4.78 is 1.70. The maximum Gasteiger partial charge on any atom is 0.213 e. The highest BCUT2D eigenvalue weighted by Gasteiger charge is 2.19. The second-order valence-corrected chi connectivity index (χ2v) is 7.43. The van der Waals surface area contributed by atoms with Gasteiger partial charge in [0.05, 0.1) is 0 Å². The zero-order valence-corrected chi connectivity index (χ0v) is 14.2. The number of imidazole rings is 1. The third-order valence-corrected chi connectivity index (χ3v) is 5.69. The molecule has 0 atom stereocenters. The number of aromatic nitrogens is 3. The summed E-state index contributed by atoms with van der Waals surface area (Å²) in [4.78, 5) is 17.1. The molecule has 2 aromatic heterocycles. The Labute approximate surface area is 139 Å². The summed E-state index contributed by atoms with van der Waals surface area (Å²) in [6.45, 7) is 4.20. The fourth-order valence-corrected chi connectivity index (χ4v) is 4.12. The summed E-state index contributed by atoms with van der Waals surface area (Å²) >= 11 is 1.56. The SMILES string of the molecule is CC(C)c1nn2c(C=O)c(-c3ccc4c(c3)CCCC4)nc2s1. The van der Waals surface area contributed by atoms with Crippen LogP contribution in [0.1, 0.15) is 59.2 Å². The third kappa shape index (κ3) is 2.39. The van der Waals surface area contributed by atoms with Crippen LogP contribution in [0.4, 0.5) is 0 Å². The predicted octanol–water partition coefficient (Wildman–Crippen LogP) is 4.27. The second-order valence-electron chi connectivity index (χ2n) is 6.44. The van der Waals surface area contributed by atoms with Crippen molar-refractivity contribution < 1.29 is 4.79 Å². The molecule has 0 unspecified atom stereocenters. The number of hydrogen-bond donors (Lipinski definition) is 0. The summed E-state index contributed by atoms with van der Waals surface area (Å²) in [5.74, 6) is 0.341. The van der Waals surface area contributed by atoms with E-state index in [0.717, 1.165) is 40.4 Å². The molecular formula is C18H19N3OS. The molecule has 1 aromatic carbocycles. The topological polar surface area (TPSA) is 47.3 Å². The predicted molar refractivity (Wildman–Crippen MR) is 92.4 cm³/mol. The Kier molecular flexibility index (Phi) is 3.53. The number of aryl methyl sites for hydroxylation is 2. The van der Waals surface area contributed by atoms with Crippen molar-refractivity contribution in [2.24, 2.45) is 0 Å². The van der Waals surface area contributed by atoms with E-state index in [2.05, 4.69) is 37.1 Å². The number of carbonyl (C=O) groups is 1. The lowest BCUT2D eigenvalue weighted by molar-refractivity contribution is 0.111. The van der Waals surface area contributed by atoms with Crippen LogP contribution in [-0.4, -0.2) is 20.9 Å². The average molecular weight is 325 g/mol. The molecule has 5 heteroatoms. The first kappa shape index (κ1) is 14.6. The van der Waals surface area contributed by atoms with Crippen molar-refractivity contribution >= 4 is 22.6 Å². The minimum absolute atomic E-state index is 0.341. The minimum Gasteiger partial charge on any atom is -0.296 e. The first-order chi connectivity index (χ1) is 11.2. The van der Waals surface area contributed by atoms with E-state index >= 15 is 0 Å². The highest BCUT2D eigenvalue weighted by atomic mass is 32.1. The lowest BCUT2D eigenvalue weighted by atomic mass is 9.90. The van der Waals surface area contributed by atoms with E-state index in [1.54, 1.807) is 15.9 Å². The maximum absolute atomic E-state index is 11.6. The number of fused-ring (bicyclic) bond motifs is 2. The fraction of sp³-hybridized carbons (Fsp3) is 0.389. The summed E-state index contributed by atoms with van der Waals surface area (Å²) in [6, 6.07) is 6.49. The van der Waals surface area contributed by atoms with Crippen LogP contribution < -0.4 is 0 Å². The van der Waals surface area contributed by atoms with E-state index in [1.165, 1.54) is 24.0 Å². The Morgan fingerprint density at radius 3 is 2.74 bits per heavy atom. The van der Waals surface area contributed by atoms with Gasteiger partial charge in [-0.25, -0.2) is 4.98 Å². The van der Waals surface area contributed by atoms with Crippen LogP contribution in [0.3, 0.4) is 0 Å². The quantitative estimate of drug-likeness (QED) is 0.676. The van der Waals surface area contributed by atoms with Gasteiger partial charge in [-0.3, -0.25) is 4.79 Å². The number of rotatable bonds is 3. The van der Waals surface area contributed by atoms with E-state index in [1.807, 2.05) is 0 Å². The Bertz CT molecular complexity index is 891. The molecule has 0 saturated heterocycles. The van der Waals surface area contributed by atoms with Crippen LogP contribution in [0.5, 0.6) is 0 Å². The van der Waals surface area contributed by atoms with Gasteiger partial charge in [0, 0.05) is 11.5 Å². The van der Waals surface area contributed by atoms with E-state index in [4.69, 9.17) is 4.98 Å². The third-order valence-electron chi connectivity index (χ3n) is 4.48. The van der Waals surface area contributed by atoms with Gasteiger partial charge in [0.15, 0.2) is 6.29 Å². The van der Waals surface area contributed by atoms with Gasteiger partial charge in [-0.1, -0.05) is 37.3 Å². The Morgan fingerprint density at radius 1 is 1.22 bits per heavy atom. The monoisotopic (exact) mass is 325 g/mol. The molecule has 0 spiro atoms. The van der Waals surface area contributed by atoms with Gasteiger partial charge in [-0.05, 0) is 42.9 Å². The zero-order chi connectivity index (χ0) is 16.0. The highest BCUT2D eigenvalue weighted by Crippen LogP contribution is 2.31. The molecule has 23 heavy (non-hydrogen) atoms. The average Bonchev–Trinajstić information content (AvgIpc) is 3.11. The molecule has 0 amide bonds. The molecule has 118 valence electrons. The van der Waals surface area contributed by atoms with Gasteiger partial charge >= 0.3 is 0 Å². The van der Waals surface area contributed by atoms with E-state index in [-0.39, 0.29) is 0 Å². The van der Waals surface area contributed by atoms with Gasteiger partial charge in [0.2, 0.25) is 4.96 Å². The Balaban J connectivity index is 1.85. The maximum atomic E-state index is 11.6. The number of hydrogen-bond acceptors (Lipinski definition) is 4. The molecule has 0 bridgehead atoms. The molecule has 0 saturated carbocycles. The van der Waals surface area contributed by atoms with Crippen molar-refractivity contribution in [1.82, 2.24) is 14.6 Å². The van der Waals surface area contributed by atoms with Crippen molar-refractivity contribution in [3.8, 4) is 11.3 Å². The molecule has 0 fully saturated rings. The summed E-state index contributed by atoms with van der Waals surface area (Å²) in [5.41, 5.74) is 5.17. The van der Waals surface area contributed by atoms with Crippen molar-refractivity contribution in [1.29, 1.82) is 0 Å². The molecule has 2 heterocycles. The van der Waals surface area contributed by atoms with Crippen molar-refractivity contribution in [2.75, 3.05) is 0 Å². The van der Waals surface area contributed by atoms with E-state index < -0.39 is 0 Å².